The van der Waals surface area contributed by atoms with Crippen LogP contribution in [0.15, 0.2) is 4.99 Å². The van der Waals surface area contributed by atoms with Crippen molar-refractivity contribution in [3.63, 3.8) is 0 Å². The lowest BCUT2D eigenvalue weighted by atomic mass is 10.2. The van der Waals surface area contributed by atoms with Gasteiger partial charge < -0.3 is 20.3 Å². The van der Waals surface area contributed by atoms with Gasteiger partial charge in [-0.15, -0.1) is 0 Å². The first kappa shape index (κ1) is 17.1. The Morgan fingerprint density at radius 2 is 2.20 bits per heavy atom. The maximum atomic E-state index is 11.6. The summed E-state index contributed by atoms with van der Waals surface area (Å²) in [5, 5.41) is 5.90. The van der Waals surface area contributed by atoms with Crippen molar-refractivity contribution in [2.75, 3.05) is 52.7 Å². The van der Waals surface area contributed by atoms with Crippen LogP contribution in [0.5, 0.6) is 0 Å². The second-order valence-corrected chi connectivity index (χ2v) is 7.08. The predicted octanol–water partition coefficient (Wildman–Crippen LogP) is 0.152. The van der Waals surface area contributed by atoms with Gasteiger partial charge >= 0.3 is 0 Å². The molecule has 116 valence electrons. The van der Waals surface area contributed by atoms with E-state index in [2.05, 4.69) is 34.4 Å². The van der Waals surface area contributed by atoms with Gasteiger partial charge in [0.15, 0.2) is 5.96 Å². The lowest BCUT2D eigenvalue weighted by Gasteiger charge is -2.39. The Morgan fingerprint density at radius 3 is 2.80 bits per heavy atom. The van der Waals surface area contributed by atoms with E-state index in [1.165, 1.54) is 0 Å². The number of thioether (sulfide) groups is 1. The SMILES string of the molecule is CN=C(NCC(=O)NCCOC)N1CCSC(C)(C)C1. The van der Waals surface area contributed by atoms with Crippen LogP contribution in [-0.2, 0) is 9.53 Å². The highest BCUT2D eigenvalue weighted by Crippen LogP contribution is 2.29. The molecule has 0 unspecified atom stereocenters. The maximum Gasteiger partial charge on any atom is 0.239 e. The number of rotatable bonds is 5. The molecule has 1 rings (SSSR count). The number of hydrogen-bond acceptors (Lipinski definition) is 4. The number of aliphatic imine (C=N–C) groups is 1. The molecule has 20 heavy (non-hydrogen) atoms. The van der Waals surface area contributed by atoms with Gasteiger partial charge in [-0.05, 0) is 13.8 Å². The largest absolute Gasteiger partial charge is 0.383 e. The average Bonchev–Trinajstić information content (AvgIpc) is 2.38. The lowest BCUT2D eigenvalue weighted by Crippen LogP contribution is -2.52. The van der Waals surface area contributed by atoms with Gasteiger partial charge in [0.05, 0.1) is 13.2 Å². The van der Waals surface area contributed by atoms with E-state index in [4.69, 9.17) is 4.74 Å². The Kier molecular flexibility index (Phi) is 7.15. The van der Waals surface area contributed by atoms with Crippen LogP contribution in [0.3, 0.4) is 0 Å². The molecule has 0 aliphatic carbocycles. The Hall–Kier alpha value is -0.950. The Morgan fingerprint density at radius 1 is 1.45 bits per heavy atom. The summed E-state index contributed by atoms with van der Waals surface area (Å²) in [6.07, 6.45) is 0. The van der Waals surface area contributed by atoms with Gasteiger partial charge in [0, 0.05) is 44.3 Å². The highest BCUT2D eigenvalue weighted by atomic mass is 32.2. The summed E-state index contributed by atoms with van der Waals surface area (Å²) >= 11 is 1.97. The normalized spacial score (nSPS) is 18.8. The first-order valence-corrected chi connectivity index (χ1v) is 7.82. The molecule has 1 fully saturated rings. The van der Waals surface area contributed by atoms with Crippen LogP contribution in [0.1, 0.15) is 13.8 Å². The van der Waals surface area contributed by atoms with Gasteiger partial charge in [-0.25, -0.2) is 0 Å². The van der Waals surface area contributed by atoms with Gasteiger partial charge in [0.2, 0.25) is 5.91 Å². The van der Waals surface area contributed by atoms with E-state index in [0.717, 1.165) is 24.8 Å². The monoisotopic (exact) mass is 302 g/mol. The topological polar surface area (TPSA) is 66.0 Å². The average molecular weight is 302 g/mol. The van der Waals surface area contributed by atoms with Crippen LogP contribution in [0.4, 0.5) is 0 Å². The minimum absolute atomic E-state index is 0.0474. The molecule has 6 nitrogen and oxygen atoms in total. The fraction of sp³-hybridized carbons (Fsp3) is 0.846. The molecule has 2 N–H and O–H groups in total. The molecule has 1 aliphatic heterocycles. The smallest absolute Gasteiger partial charge is 0.239 e. The van der Waals surface area contributed by atoms with Crippen LogP contribution < -0.4 is 10.6 Å². The summed E-state index contributed by atoms with van der Waals surface area (Å²) in [5.74, 6) is 1.82. The molecule has 1 amide bonds. The van der Waals surface area contributed by atoms with Crippen LogP contribution in [0, 0.1) is 0 Å². The van der Waals surface area contributed by atoms with Crippen molar-refractivity contribution in [2.24, 2.45) is 4.99 Å². The summed E-state index contributed by atoms with van der Waals surface area (Å²) in [4.78, 5) is 18.1. The fourth-order valence-corrected chi connectivity index (χ4v) is 3.16. The van der Waals surface area contributed by atoms with Gasteiger partial charge in [0.1, 0.15) is 0 Å². The number of nitrogens with zero attached hydrogens (tertiary/aromatic N) is 2. The predicted molar refractivity (Wildman–Crippen MR) is 84.4 cm³/mol. The molecular weight excluding hydrogens is 276 g/mol. The Balaban J connectivity index is 2.38. The van der Waals surface area contributed by atoms with E-state index >= 15 is 0 Å². The molecule has 0 aromatic rings. The number of methoxy groups -OCH3 is 1. The second-order valence-electron chi connectivity index (χ2n) is 5.27. The molecule has 0 bridgehead atoms. The van der Waals surface area contributed by atoms with Crippen molar-refractivity contribution in [3.05, 3.63) is 0 Å². The second kappa shape index (κ2) is 8.36. The first-order chi connectivity index (χ1) is 9.48. The third-order valence-electron chi connectivity index (χ3n) is 2.97. The molecule has 1 aliphatic rings. The molecular formula is C13H26N4O2S. The number of nitrogens with one attached hydrogen (secondary N) is 2. The number of carbonyl (C=O) groups excluding carboxylic acids is 1. The summed E-state index contributed by atoms with van der Waals surface area (Å²) in [6, 6.07) is 0. The van der Waals surface area contributed by atoms with Crippen molar-refractivity contribution in [1.29, 1.82) is 0 Å². The molecule has 1 saturated heterocycles. The van der Waals surface area contributed by atoms with Gasteiger partial charge in [-0.1, -0.05) is 0 Å². The fourth-order valence-electron chi connectivity index (χ4n) is 2.04. The standard InChI is InChI=1S/C13H26N4O2S/c1-13(2)10-17(6-8-20-13)12(14-3)16-9-11(18)15-5-7-19-4/h5-10H2,1-4H3,(H,14,16)(H,15,18). The third-order valence-corrected chi connectivity index (χ3v) is 4.27. The lowest BCUT2D eigenvalue weighted by molar-refractivity contribution is -0.120. The summed E-state index contributed by atoms with van der Waals surface area (Å²) in [7, 11) is 3.36. The number of ether oxygens (including phenoxy) is 1. The van der Waals surface area contributed by atoms with Gasteiger partial charge in [0.25, 0.3) is 0 Å². The zero-order chi connectivity index (χ0) is 15.0. The van der Waals surface area contributed by atoms with E-state index in [-0.39, 0.29) is 17.2 Å². The van der Waals surface area contributed by atoms with Crippen molar-refractivity contribution in [2.45, 2.75) is 18.6 Å². The summed E-state index contributed by atoms with van der Waals surface area (Å²) in [5.41, 5.74) is 0. The minimum Gasteiger partial charge on any atom is -0.383 e. The summed E-state index contributed by atoms with van der Waals surface area (Å²) in [6.45, 7) is 7.65. The van der Waals surface area contributed by atoms with E-state index in [1.54, 1.807) is 14.2 Å². The van der Waals surface area contributed by atoms with E-state index in [1.807, 2.05) is 11.8 Å². The molecule has 1 heterocycles. The Bertz CT molecular complexity index is 347. The minimum atomic E-state index is -0.0474. The van der Waals surface area contributed by atoms with Crippen molar-refractivity contribution < 1.29 is 9.53 Å². The summed E-state index contributed by atoms with van der Waals surface area (Å²) < 4.78 is 5.11. The van der Waals surface area contributed by atoms with Gasteiger partial charge in [-0.2, -0.15) is 11.8 Å². The van der Waals surface area contributed by atoms with E-state index < -0.39 is 0 Å². The number of carbonyl (C=O) groups is 1. The molecule has 0 aromatic carbocycles. The molecule has 0 atom stereocenters. The number of hydrogen-bond donors (Lipinski definition) is 2. The van der Waals surface area contributed by atoms with E-state index in [0.29, 0.717) is 13.2 Å². The third kappa shape index (κ3) is 6.00. The molecule has 7 heteroatoms. The van der Waals surface area contributed by atoms with Crippen molar-refractivity contribution in [1.82, 2.24) is 15.5 Å². The molecule has 0 aromatic heterocycles. The van der Waals surface area contributed by atoms with Crippen LogP contribution in [0.25, 0.3) is 0 Å². The van der Waals surface area contributed by atoms with E-state index in [9.17, 15) is 4.79 Å². The Labute approximate surface area is 125 Å². The zero-order valence-corrected chi connectivity index (χ0v) is 13.7. The molecule has 0 spiro atoms. The van der Waals surface area contributed by atoms with Gasteiger partial charge in [-0.3, -0.25) is 9.79 Å². The van der Waals surface area contributed by atoms with Crippen LogP contribution >= 0.6 is 11.8 Å². The number of guanidine groups is 1. The quantitative estimate of drug-likeness (QED) is 0.430. The van der Waals surface area contributed by atoms with Crippen LogP contribution in [-0.4, -0.2) is 74.2 Å². The molecule has 0 saturated carbocycles. The first-order valence-electron chi connectivity index (χ1n) is 6.83. The highest BCUT2D eigenvalue weighted by Gasteiger charge is 2.28. The zero-order valence-electron chi connectivity index (χ0n) is 12.9. The van der Waals surface area contributed by atoms with Crippen molar-refractivity contribution >= 4 is 23.6 Å². The number of amides is 1. The van der Waals surface area contributed by atoms with Crippen molar-refractivity contribution in [3.8, 4) is 0 Å². The highest BCUT2D eigenvalue weighted by molar-refractivity contribution is 8.00. The molecule has 0 radical (unpaired) electrons. The van der Waals surface area contributed by atoms with Crippen LogP contribution in [0.2, 0.25) is 0 Å². The maximum absolute atomic E-state index is 11.6.